The predicted octanol–water partition coefficient (Wildman–Crippen LogP) is 2.29. The molecule has 0 aliphatic carbocycles. The molecule has 2 rings (SSSR count). The van der Waals surface area contributed by atoms with Crippen molar-refractivity contribution in [3.63, 3.8) is 0 Å². The van der Waals surface area contributed by atoms with Gasteiger partial charge in [0, 0.05) is 25.5 Å². The number of ether oxygens (including phenoxy) is 1. The molecule has 0 spiro atoms. The van der Waals surface area contributed by atoms with Gasteiger partial charge in [0.1, 0.15) is 10.6 Å². The van der Waals surface area contributed by atoms with Crippen molar-refractivity contribution in [2.75, 3.05) is 13.1 Å². The highest BCUT2D eigenvalue weighted by molar-refractivity contribution is 7.85. The molecule has 0 bridgehead atoms. The van der Waals surface area contributed by atoms with Crippen LogP contribution in [0.3, 0.4) is 0 Å². The van der Waals surface area contributed by atoms with Gasteiger partial charge in [0.15, 0.2) is 0 Å². The van der Waals surface area contributed by atoms with Crippen LogP contribution in [0.2, 0.25) is 0 Å². The molecular formula is C15H23N3O3S. The number of nitrogens with zero attached hydrogens (tertiary/aromatic N) is 3. The maximum atomic E-state index is 12.7. The number of carbonyl (C=O) groups excluding carboxylic acids is 1. The second kappa shape index (κ2) is 6.73. The summed E-state index contributed by atoms with van der Waals surface area (Å²) in [5.41, 5.74) is 0.153. The lowest BCUT2D eigenvalue weighted by Gasteiger charge is -2.33. The van der Waals surface area contributed by atoms with Crippen LogP contribution >= 0.6 is 0 Å². The molecule has 6 nitrogen and oxygen atoms in total. The summed E-state index contributed by atoms with van der Waals surface area (Å²) >= 11 is 0. The quantitative estimate of drug-likeness (QED) is 0.834. The second-order valence-electron chi connectivity index (χ2n) is 6.43. The summed E-state index contributed by atoms with van der Waals surface area (Å²) in [6, 6.07) is 0. The number of likely N-dealkylation sites (tertiary alicyclic amines) is 1. The van der Waals surface area contributed by atoms with Gasteiger partial charge in [-0.3, -0.25) is 9.19 Å². The van der Waals surface area contributed by atoms with Crippen LogP contribution in [-0.4, -0.2) is 49.1 Å². The Morgan fingerprint density at radius 1 is 1.36 bits per heavy atom. The smallest absolute Gasteiger partial charge is 0.410 e. The minimum absolute atomic E-state index is 0.128. The molecule has 0 saturated carbocycles. The number of carbonyl (C=O) groups is 1. The van der Waals surface area contributed by atoms with E-state index in [1.807, 2.05) is 20.8 Å². The summed E-state index contributed by atoms with van der Waals surface area (Å²) in [5, 5.41) is 0.384. The number of aromatic nitrogens is 2. The van der Waals surface area contributed by atoms with Crippen LogP contribution in [0, 0.1) is 6.92 Å². The first-order chi connectivity index (χ1) is 10.3. The van der Waals surface area contributed by atoms with Gasteiger partial charge >= 0.3 is 6.09 Å². The monoisotopic (exact) mass is 325 g/mol. The number of amides is 1. The van der Waals surface area contributed by atoms with E-state index in [1.165, 1.54) is 0 Å². The summed E-state index contributed by atoms with van der Waals surface area (Å²) in [6.07, 6.45) is 4.42. The number of aryl methyl sites for hydroxylation is 1. The molecule has 7 heteroatoms. The molecule has 1 amide bonds. The highest BCUT2D eigenvalue weighted by Crippen LogP contribution is 2.22. The fourth-order valence-electron chi connectivity index (χ4n) is 2.36. The Hall–Kier alpha value is -1.50. The van der Waals surface area contributed by atoms with E-state index in [-0.39, 0.29) is 11.3 Å². The molecule has 0 radical (unpaired) electrons. The maximum absolute atomic E-state index is 12.7. The van der Waals surface area contributed by atoms with Crippen molar-refractivity contribution in [2.24, 2.45) is 0 Å². The first-order valence-corrected chi connectivity index (χ1v) is 8.65. The summed E-state index contributed by atoms with van der Waals surface area (Å²) in [4.78, 5) is 22.1. The molecule has 122 valence electrons. The van der Waals surface area contributed by atoms with Gasteiger partial charge in [-0.1, -0.05) is 0 Å². The second-order valence-corrected chi connectivity index (χ2v) is 8.08. The molecule has 2 heterocycles. The largest absolute Gasteiger partial charge is 0.444 e. The zero-order valence-electron chi connectivity index (χ0n) is 13.5. The minimum atomic E-state index is -1.26. The standard InChI is InChI=1S/C15H23N3O3S/c1-11-13(17-8-7-16-11)22(20)12-6-5-9-18(10-12)14(19)21-15(2,3)4/h7-8,12H,5-6,9-10H2,1-4H3. The normalized spacial score (nSPS) is 20.5. The van der Waals surface area contributed by atoms with Crippen molar-refractivity contribution in [3.8, 4) is 0 Å². The summed E-state index contributed by atoms with van der Waals surface area (Å²) < 4.78 is 18.1. The zero-order chi connectivity index (χ0) is 16.3. The van der Waals surface area contributed by atoms with Crippen molar-refractivity contribution in [2.45, 2.75) is 56.4 Å². The van der Waals surface area contributed by atoms with Crippen LogP contribution in [-0.2, 0) is 15.5 Å². The van der Waals surface area contributed by atoms with Crippen molar-refractivity contribution >= 4 is 16.9 Å². The number of piperidine rings is 1. The Morgan fingerprint density at radius 3 is 2.68 bits per heavy atom. The lowest BCUT2D eigenvalue weighted by Crippen LogP contribution is -2.46. The molecule has 2 atom stereocenters. The molecule has 2 unspecified atom stereocenters. The average molecular weight is 325 g/mol. The van der Waals surface area contributed by atoms with Gasteiger partial charge in [-0.2, -0.15) is 0 Å². The number of rotatable bonds is 2. The lowest BCUT2D eigenvalue weighted by atomic mass is 10.1. The highest BCUT2D eigenvalue weighted by Gasteiger charge is 2.31. The van der Waals surface area contributed by atoms with Gasteiger partial charge in [0.2, 0.25) is 0 Å². The Balaban J connectivity index is 2.06. The molecule has 1 aromatic heterocycles. The van der Waals surface area contributed by atoms with Gasteiger partial charge in [-0.05, 0) is 40.5 Å². The van der Waals surface area contributed by atoms with E-state index in [0.29, 0.717) is 23.8 Å². The van der Waals surface area contributed by atoms with Gasteiger partial charge < -0.3 is 9.64 Å². The van der Waals surface area contributed by atoms with Crippen LogP contribution in [0.1, 0.15) is 39.3 Å². The Labute approximate surface area is 133 Å². The van der Waals surface area contributed by atoms with E-state index in [4.69, 9.17) is 4.74 Å². The molecule has 0 N–H and O–H groups in total. The molecule has 1 aliphatic heterocycles. The third kappa shape index (κ3) is 4.25. The van der Waals surface area contributed by atoms with Crippen molar-refractivity contribution < 1.29 is 13.7 Å². The Morgan fingerprint density at radius 2 is 2.05 bits per heavy atom. The Kier molecular flexibility index (Phi) is 5.16. The first-order valence-electron chi connectivity index (χ1n) is 7.44. The maximum Gasteiger partial charge on any atom is 0.410 e. The fraction of sp³-hybridized carbons (Fsp3) is 0.667. The predicted molar refractivity (Wildman–Crippen MR) is 84.0 cm³/mol. The van der Waals surface area contributed by atoms with Gasteiger partial charge in [0.25, 0.3) is 0 Å². The van der Waals surface area contributed by atoms with Crippen LogP contribution in [0.25, 0.3) is 0 Å². The van der Waals surface area contributed by atoms with Gasteiger partial charge in [0.05, 0.1) is 21.7 Å². The SMILES string of the molecule is Cc1nccnc1S(=O)C1CCCN(C(=O)OC(C)(C)C)C1. The van der Waals surface area contributed by atoms with Crippen molar-refractivity contribution in [3.05, 3.63) is 18.1 Å². The Bertz CT molecular complexity index is 571. The van der Waals surface area contributed by atoms with E-state index < -0.39 is 16.4 Å². The van der Waals surface area contributed by atoms with Gasteiger partial charge in [-0.25, -0.2) is 9.78 Å². The van der Waals surface area contributed by atoms with Gasteiger partial charge in [-0.15, -0.1) is 0 Å². The number of hydrogen-bond donors (Lipinski definition) is 0. The molecule has 22 heavy (non-hydrogen) atoms. The topological polar surface area (TPSA) is 72.4 Å². The highest BCUT2D eigenvalue weighted by atomic mass is 32.2. The van der Waals surface area contributed by atoms with Crippen LogP contribution in [0.4, 0.5) is 4.79 Å². The first kappa shape index (κ1) is 16.9. The van der Waals surface area contributed by atoms with Crippen molar-refractivity contribution in [1.82, 2.24) is 14.9 Å². The van der Waals surface area contributed by atoms with E-state index in [0.717, 1.165) is 12.8 Å². The lowest BCUT2D eigenvalue weighted by molar-refractivity contribution is 0.0219. The summed E-state index contributed by atoms with van der Waals surface area (Å²) in [5.74, 6) is 0. The van der Waals surface area contributed by atoms with Crippen LogP contribution in [0.15, 0.2) is 17.4 Å². The molecular weight excluding hydrogens is 302 g/mol. The molecule has 1 fully saturated rings. The molecule has 1 aliphatic rings. The van der Waals surface area contributed by atoms with Crippen LogP contribution in [0.5, 0.6) is 0 Å². The average Bonchev–Trinajstić information content (AvgIpc) is 2.45. The minimum Gasteiger partial charge on any atom is -0.444 e. The zero-order valence-corrected chi connectivity index (χ0v) is 14.4. The van der Waals surface area contributed by atoms with E-state index >= 15 is 0 Å². The van der Waals surface area contributed by atoms with E-state index in [2.05, 4.69) is 9.97 Å². The summed E-state index contributed by atoms with van der Waals surface area (Å²) in [6.45, 7) is 8.39. The number of hydrogen-bond acceptors (Lipinski definition) is 5. The van der Waals surface area contributed by atoms with Crippen molar-refractivity contribution in [1.29, 1.82) is 0 Å². The molecule has 1 aromatic rings. The van der Waals surface area contributed by atoms with Crippen LogP contribution < -0.4 is 0 Å². The third-order valence-electron chi connectivity index (χ3n) is 3.36. The summed E-state index contributed by atoms with van der Waals surface area (Å²) in [7, 11) is -1.26. The molecule has 0 aromatic carbocycles. The third-order valence-corrected chi connectivity index (χ3v) is 5.13. The molecule has 1 saturated heterocycles. The van der Waals surface area contributed by atoms with E-state index in [9.17, 15) is 9.00 Å². The fourth-order valence-corrected chi connectivity index (χ4v) is 3.88. The van der Waals surface area contributed by atoms with E-state index in [1.54, 1.807) is 24.2 Å².